The highest BCUT2D eigenvalue weighted by Crippen LogP contribution is 2.32. The van der Waals surface area contributed by atoms with E-state index in [4.69, 9.17) is 0 Å². The van der Waals surface area contributed by atoms with Crippen molar-refractivity contribution >= 4 is 16.4 Å². The van der Waals surface area contributed by atoms with Gasteiger partial charge in [-0.15, -0.1) is 11.4 Å². The summed E-state index contributed by atoms with van der Waals surface area (Å²) in [7, 11) is 0. The second-order valence-electron chi connectivity index (χ2n) is 6.13. The van der Waals surface area contributed by atoms with Gasteiger partial charge in [-0.1, -0.05) is 36.4 Å². The van der Waals surface area contributed by atoms with Gasteiger partial charge in [-0.2, -0.15) is 26.3 Å². The van der Waals surface area contributed by atoms with Crippen LogP contribution in [-0.2, 0) is 12.4 Å². The van der Waals surface area contributed by atoms with Gasteiger partial charge in [-0.05, 0) is 47.5 Å². The van der Waals surface area contributed by atoms with Crippen LogP contribution in [0.4, 0.5) is 26.3 Å². The zero-order valence-electron chi connectivity index (χ0n) is 14.6. The Morgan fingerprint density at radius 2 is 0.966 bits per heavy atom. The van der Waals surface area contributed by atoms with E-state index in [1.165, 1.54) is 24.3 Å². The van der Waals surface area contributed by atoms with Gasteiger partial charge in [-0.3, -0.25) is 0 Å². The molecule has 0 bridgehead atoms. The molecule has 0 aromatic heterocycles. The fourth-order valence-electron chi connectivity index (χ4n) is 2.58. The second-order valence-corrected chi connectivity index (χ2v) is 7.30. The van der Waals surface area contributed by atoms with Crippen LogP contribution in [0.5, 0.6) is 0 Å². The summed E-state index contributed by atoms with van der Waals surface area (Å²) in [5, 5.41) is 10.2. The number of benzene rings is 3. The first-order valence-corrected chi connectivity index (χ1v) is 9.16. The predicted octanol–water partition coefficient (Wildman–Crippen LogP) is 6.95. The quantitative estimate of drug-likeness (QED) is 0.263. The molecule has 0 aliphatic rings. The molecule has 3 aromatic carbocycles. The zero-order chi connectivity index (χ0) is 21.2. The van der Waals surface area contributed by atoms with Crippen molar-refractivity contribution in [2.75, 3.05) is 0 Å². The van der Waals surface area contributed by atoms with Crippen molar-refractivity contribution < 1.29 is 31.4 Å². The maximum absolute atomic E-state index is 12.6. The molecular weight excluding hydrogens is 414 g/mol. The van der Waals surface area contributed by atoms with E-state index < -0.39 is 23.5 Å². The van der Waals surface area contributed by atoms with Crippen molar-refractivity contribution in [1.29, 1.82) is 0 Å². The van der Waals surface area contributed by atoms with Gasteiger partial charge in [0.05, 0.1) is 11.1 Å². The molecule has 0 aliphatic heterocycles. The molecule has 0 radical (unpaired) electrons. The molecule has 0 fully saturated rings. The second kappa shape index (κ2) is 8.04. The molecule has 0 saturated carbocycles. The van der Waals surface area contributed by atoms with E-state index >= 15 is 0 Å². The molecule has 152 valence electrons. The SMILES string of the molecule is OC(=[SH]c1ccc(C(F)(F)F)cc1)c1ccc(-c2ccc(C(F)(F)F)cc2)cc1. The lowest BCUT2D eigenvalue weighted by atomic mass is 10.0. The first-order valence-electron chi connectivity index (χ1n) is 8.27. The van der Waals surface area contributed by atoms with E-state index in [9.17, 15) is 31.4 Å². The summed E-state index contributed by atoms with van der Waals surface area (Å²) in [6.45, 7) is 0. The molecule has 0 amide bonds. The summed E-state index contributed by atoms with van der Waals surface area (Å²) < 4.78 is 75.7. The summed E-state index contributed by atoms with van der Waals surface area (Å²) in [5.74, 6) is 0. The molecule has 1 nitrogen and oxygen atoms in total. The third-order valence-electron chi connectivity index (χ3n) is 4.12. The van der Waals surface area contributed by atoms with Gasteiger partial charge >= 0.3 is 12.4 Å². The van der Waals surface area contributed by atoms with Crippen LogP contribution in [0.25, 0.3) is 11.1 Å². The topological polar surface area (TPSA) is 20.2 Å². The maximum Gasteiger partial charge on any atom is 0.416 e. The molecule has 1 N–H and O–H groups in total. The Bertz CT molecular complexity index is 1000. The van der Waals surface area contributed by atoms with Crippen LogP contribution in [0.3, 0.4) is 0 Å². The lowest BCUT2D eigenvalue weighted by molar-refractivity contribution is -0.138. The number of aliphatic hydroxyl groups excluding tert-OH is 1. The molecule has 0 unspecified atom stereocenters. The van der Waals surface area contributed by atoms with Crippen molar-refractivity contribution in [1.82, 2.24) is 0 Å². The van der Waals surface area contributed by atoms with Crippen molar-refractivity contribution in [3.8, 4) is 11.1 Å². The Balaban J connectivity index is 1.78. The minimum Gasteiger partial charge on any atom is -0.355 e. The summed E-state index contributed by atoms with van der Waals surface area (Å²) in [6, 6.07) is 15.7. The van der Waals surface area contributed by atoms with Gasteiger partial charge in [0.15, 0.2) is 0 Å². The van der Waals surface area contributed by atoms with Gasteiger partial charge in [0.25, 0.3) is 0 Å². The van der Waals surface area contributed by atoms with Crippen LogP contribution < -0.4 is 0 Å². The normalized spacial score (nSPS) is 13.1. The van der Waals surface area contributed by atoms with Crippen molar-refractivity contribution in [3.63, 3.8) is 0 Å². The van der Waals surface area contributed by atoms with Gasteiger partial charge in [0.2, 0.25) is 0 Å². The number of rotatable bonds is 3. The molecule has 3 aromatic rings. The highest BCUT2D eigenvalue weighted by atomic mass is 32.1. The third-order valence-corrected chi connectivity index (χ3v) is 5.14. The summed E-state index contributed by atoms with van der Waals surface area (Å²) in [5.41, 5.74) is 0.212. The molecule has 29 heavy (non-hydrogen) atoms. The van der Waals surface area contributed by atoms with Crippen LogP contribution >= 0.6 is 11.4 Å². The van der Waals surface area contributed by atoms with Gasteiger partial charge < -0.3 is 5.11 Å². The number of thiol groups is 1. The fraction of sp³-hybridized carbons (Fsp3) is 0.0952. The van der Waals surface area contributed by atoms with Crippen LogP contribution in [0.15, 0.2) is 77.7 Å². The third kappa shape index (κ3) is 5.27. The lowest BCUT2D eigenvalue weighted by Crippen LogP contribution is -2.04. The predicted molar refractivity (Wildman–Crippen MR) is 102 cm³/mol. The first kappa shape index (κ1) is 21.1. The van der Waals surface area contributed by atoms with Crippen molar-refractivity contribution in [2.24, 2.45) is 0 Å². The molecular formula is C21H14F6OS. The van der Waals surface area contributed by atoms with Crippen molar-refractivity contribution in [2.45, 2.75) is 17.2 Å². The van der Waals surface area contributed by atoms with E-state index in [1.54, 1.807) is 24.3 Å². The van der Waals surface area contributed by atoms with E-state index in [0.717, 1.165) is 24.3 Å². The van der Waals surface area contributed by atoms with E-state index in [-0.39, 0.29) is 5.05 Å². The Hall–Kier alpha value is -2.58. The Labute approximate surface area is 166 Å². The summed E-state index contributed by atoms with van der Waals surface area (Å²) in [6.07, 6.45) is -8.82. The minimum absolute atomic E-state index is 0.0521. The van der Waals surface area contributed by atoms with E-state index in [0.29, 0.717) is 32.9 Å². The lowest BCUT2D eigenvalue weighted by Gasteiger charge is -2.09. The number of halogens is 6. The van der Waals surface area contributed by atoms with Crippen LogP contribution in [-0.4, -0.2) is 10.2 Å². The van der Waals surface area contributed by atoms with Crippen LogP contribution in [0, 0.1) is 0 Å². The van der Waals surface area contributed by atoms with Gasteiger partial charge in [0, 0.05) is 10.5 Å². The first-order chi connectivity index (χ1) is 13.5. The van der Waals surface area contributed by atoms with Crippen molar-refractivity contribution in [3.05, 3.63) is 89.5 Å². The fourth-order valence-corrected chi connectivity index (χ4v) is 3.40. The van der Waals surface area contributed by atoms with Crippen LogP contribution in [0.1, 0.15) is 16.7 Å². The molecule has 0 spiro atoms. The molecule has 8 heteroatoms. The number of hydrogen-bond donors (Lipinski definition) is 2. The number of hydrogen-bond acceptors (Lipinski definition) is 0. The molecule has 0 saturated heterocycles. The smallest absolute Gasteiger partial charge is 0.355 e. The average Bonchev–Trinajstić information content (AvgIpc) is 2.67. The highest BCUT2D eigenvalue weighted by molar-refractivity contribution is 7.98. The summed E-state index contributed by atoms with van der Waals surface area (Å²) >= 11 is 0.336. The standard InChI is InChI=1S/C21H14F6OS/c22-20(23,24)16-7-5-14(6-8-16)13-1-3-15(4-2-13)19(28)29-18-11-9-17(10-12-18)21(25,26)27/h1-12,28-29H. The number of aliphatic hydroxyl groups is 1. The minimum atomic E-state index is -4.42. The molecule has 0 heterocycles. The molecule has 0 atom stereocenters. The zero-order valence-corrected chi connectivity index (χ0v) is 15.5. The van der Waals surface area contributed by atoms with Gasteiger partial charge in [0.1, 0.15) is 5.05 Å². The Morgan fingerprint density at radius 1 is 0.586 bits per heavy atom. The monoisotopic (exact) mass is 428 g/mol. The Kier molecular flexibility index (Phi) is 5.86. The summed E-state index contributed by atoms with van der Waals surface area (Å²) in [4.78, 5) is 0.488. The van der Waals surface area contributed by atoms with E-state index in [2.05, 4.69) is 0 Å². The average molecular weight is 428 g/mol. The van der Waals surface area contributed by atoms with E-state index in [1.807, 2.05) is 0 Å². The number of alkyl halides is 6. The highest BCUT2D eigenvalue weighted by Gasteiger charge is 2.30. The van der Waals surface area contributed by atoms with Crippen LogP contribution in [0.2, 0.25) is 0 Å². The Morgan fingerprint density at radius 3 is 1.38 bits per heavy atom. The van der Waals surface area contributed by atoms with Gasteiger partial charge in [-0.25, -0.2) is 0 Å². The largest absolute Gasteiger partial charge is 0.416 e. The molecule has 3 rings (SSSR count). The molecule has 0 aliphatic carbocycles. The maximum atomic E-state index is 12.6.